The van der Waals surface area contributed by atoms with Crippen molar-refractivity contribution in [3.63, 3.8) is 0 Å². The van der Waals surface area contributed by atoms with Crippen molar-refractivity contribution < 1.29 is 25.2 Å². The Hall–Kier alpha value is -2.73. The molecule has 0 atom stereocenters. The maximum absolute atomic E-state index is 12.0. The van der Waals surface area contributed by atoms with Gasteiger partial charge >= 0.3 is 0 Å². The molecule has 0 aromatic heterocycles. The number of hydrogen-bond donors (Lipinski definition) is 4. The number of hydrogen-bond acceptors (Lipinski definition) is 6. The third-order valence-corrected chi connectivity index (χ3v) is 3.41. The summed E-state index contributed by atoms with van der Waals surface area (Å²) in [5, 5.41) is 38.6. The molecule has 0 saturated carbocycles. The van der Waals surface area contributed by atoms with Gasteiger partial charge in [0.05, 0.1) is 5.56 Å². The van der Waals surface area contributed by atoms with Gasteiger partial charge in [-0.1, -0.05) is 11.6 Å². The average molecular weight is 336 g/mol. The van der Waals surface area contributed by atoms with Gasteiger partial charge in [-0.25, -0.2) is 0 Å². The third kappa shape index (κ3) is 3.54. The average Bonchev–Trinajstić information content (AvgIpc) is 2.49. The van der Waals surface area contributed by atoms with Gasteiger partial charge in [-0.2, -0.15) is 0 Å². The second-order valence-corrected chi connectivity index (χ2v) is 5.32. The lowest BCUT2D eigenvalue weighted by Crippen LogP contribution is -2.04. The summed E-state index contributed by atoms with van der Waals surface area (Å²) < 4.78 is 0. The number of benzene rings is 2. The standard InChI is InChI=1S/C16H14ClNO5/c1-8-4-10(17)5-9(14(8)21)6-18-7-13(20)11-2-3-12(19)16(23)15(11)22/h2-6,19,21-23H,7H2,1H3. The van der Waals surface area contributed by atoms with E-state index >= 15 is 0 Å². The van der Waals surface area contributed by atoms with E-state index < -0.39 is 23.0 Å². The molecule has 6 nitrogen and oxygen atoms in total. The molecule has 0 saturated heterocycles. The number of aliphatic imine (C=N–C) groups is 1. The van der Waals surface area contributed by atoms with Crippen LogP contribution in [-0.4, -0.2) is 39.0 Å². The fourth-order valence-electron chi connectivity index (χ4n) is 1.97. The highest BCUT2D eigenvalue weighted by Gasteiger charge is 2.16. The smallest absolute Gasteiger partial charge is 0.201 e. The summed E-state index contributed by atoms with van der Waals surface area (Å²) in [4.78, 5) is 15.9. The van der Waals surface area contributed by atoms with Gasteiger partial charge in [-0.05, 0) is 36.8 Å². The van der Waals surface area contributed by atoms with E-state index in [9.17, 15) is 25.2 Å². The molecule has 0 unspecified atom stereocenters. The quantitative estimate of drug-likeness (QED) is 0.390. The van der Waals surface area contributed by atoms with Crippen molar-refractivity contribution in [2.24, 2.45) is 4.99 Å². The van der Waals surface area contributed by atoms with E-state index in [0.717, 1.165) is 6.07 Å². The predicted molar refractivity (Wildman–Crippen MR) is 86.1 cm³/mol. The molecule has 2 aromatic rings. The number of aryl methyl sites for hydroxylation is 1. The largest absolute Gasteiger partial charge is 0.507 e. The molecule has 0 aliphatic heterocycles. The number of halogens is 1. The molecule has 4 N–H and O–H groups in total. The van der Waals surface area contributed by atoms with Gasteiger partial charge in [-0.3, -0.25) is 9.79 Å². The summed E-state index contributed by atoms with van der Waals surface area (Å²) in [5.74, 6) is -2.54. The van der Waals surface area contributed by atoms with Crippen LogP contribution in [0.4, 0.5) is 0 Å². The van der Waals surface area contributed by atoms with E-state index in [1.165, 1.54) is 18.3 Å². The maximum atomic E-state index is 12.0. The molecule has 0 radical (unpaired) electrons. The second kappa shape index (κ2) is 6.58. The fourth-order valence-corrected chi connectivity index (χ4v) is 2.25. The van der Waals surface area contributed by atoms with Crippen molar-refractivity contribution in [2.45, 2.75) is 6.92 Å². The van der Waals surface area contributed by atoms with E-state index in [1.807, 2.05) is 0 Å². The fraction of sp³-hybridized carbons (Fsp3) is 0.125. The Morgan fingerprint density at radius 3 is 2.52 bits per heavy atom. The number of aromatic hydroxyl groups is 4. The third-order valence-electron chi connectivity index (χ3n) is 3.19. The van der Waals surface area contributed by atoms with E-state index in [4.69, 9.17) is 11.6 Å². The van der Waals surface area contributed by atoms with Gasteiger partial charge in [0.15, 0.2) is 17.3 Å². The molecule has 120 valence electrons. The summed E-state index contributed by atoms with van der Waals surface area (Å²) in [5.41, 5.74) is 0.774. The number of ketones is 1. The maximum Gasteiger partial charge on any atom is 0.201 e. The SMILES string of the molecule is Cc1cc(Cl)cc(C=NCC(=O)c2ccc(O)c(O)c2O)c1O. The van der Waals surface area contributed by atoms with Crippen LogP contribution >= 0.6 is 11.6 Å². The number of nitrogens with zero attached hydrogens (tertiary/aromatic N) is 1. The van der Waals surface area contributed by atoms with Gasteiger partial charge in [0.2, 0.25) is 5.75 Å². The number of carbonyl (C=O) groups excluding carboxylic acids is 1. The first-order chi connectivity index (χ1) is 10.8. The van der Waals surface area contributed by atoms with Crippen LogP contribution in [0.15, 0.2) is 29.3 Å². The van der Waals surface area contributed by atoms with Gasteiger partial charge in [-0.15, -0.1) is 0 Å². The normalized spacial score (nSPS) is 11.0. The molecule has 0 bridgehead atoms. The van der Waals surface area contributed by atoms with E-state index in [2.05, 4.69) is 4.99 Å². The van der Waals surface area contributed by atoms with Gasteiger partial charge < -0.3 is 20.4 Å². The van der Waals surface area contributed by atoms with Crippen molar-refractivity contribution in [1.82, 2.24) is 0 Å². The summed E-state index contributed by atoms with van der Waals surface area (Å²) in [6.07, 6.45) is 1.30. The number of phenolic OH excluding ortho intramolecular Hbond substituents is 4. The number of carbonyl (C=O) groups is 1. The first-order valence-corrected chi connectivity index (χ1v) is 6.95. The second-order valence-electron chi connectivity index (χ2n) is 4.88. The Bertz CT molecular complexity index is 802. The van der Waals surface area contributed by atoms with Gasteiger partial charge in [0.25, 0.3) is 0 Å². The van der Waals surface area contributed by atoms with Crippen molar-refractivity contribution in [1.29, 1.82) is 0 Å². The Morgan fingerprint density at radius 2 is 1.83 bits per heavy atom. The summed E-state index contributed by atoms with van der Waals surface area (Å²) >= 11 is 5.89. The Morgan fingerprint density at radius 1 is 1.13 bits per heavy atom. The first-order valence-electron chi connectivity index (χ1n) is 6.57. The Kier molecular flexibility index (Phi) is 4.76. The monoisotopic (exact) mass is 335 g/mol. The van der Waals surface area contributed by atoms with Crippen molar-refractivity contribution in [3.05, 3.63) is 46.0 Å². The van der Waals surface area contributed by atoms with Crippen LogP contribution in [0.2, 0.25) is 5.02 Å². The highest BCUT2D eigenvalue weighted by Crippen LogP contribution is 2.37. The molecule has 2 aromatic carbocycles. The molecule has 0 amide bonds. The van der Waals surface area contributed by atoms with Crippen LogP contribution < -0.4 is 0 Å². The highest BCUT2D eigenvalue weighted by molar-refractivity contribution is 6.31. The van der Waals surface area contributed by atoms with Crippen LogP contribution in [0, 0.1) is 6.92 Å². The minimum absolute atomic E-state index is 0.00993. The molecule has 0 aliphatic rings. The molecular formula is C16H14ClNO5. The summed E-state index contributed by atoms with van der Waals surface area (Å²) in [7, 11) is 0. The molecule has 0 fully saturated rings. The molecule has 23 heavy (non-hydrogen) atoms. The molecule has 2 rings (SSSR count). The van der Waals surface area contributed by atoms with Crippen LogP contribution in [-0.2, 0) is 0 Å². The molecular weight excluding hydrogens is 322 g/mol. The highest BCUT2D eigenvalue weighted by atomic mass is 35.5. The lowest BCUT2D eigenvalue weighted by Gasteiger charge is -2.06. The number of phenols is 4. The van der Waals surface area contributed by atoms with E-state index in [0.29, 0.717) is 16.1 Å². The van der Waals surface area contributed by atoms with Crippen LogP contribution in [0.5, 0.6) is 23.0 Å². The molecule has 7 heteroatoms. The number of rotatable bonds is 4. The van der Waals surface area contributed by atoms with Gasteiger partial charge in [0.1, 0.15) is 12.3 Å². The Balaban J connectivity index is 2.18. The van der Waals surface area contributed by atoms with Crippen molar-refractivity contribution >= 4 is 23.6 Å². The zero-order valence-corrected chi connectivity index (χ0v) is 12.9. The predicted octanol–water partition coefficient (Wildman–Crippen LogP) is 2.77. The number of Topliss-reactive ketones (excluding diaryl/α,β-unsaturated/α-hetero) is 1. The molecule has 0 heterocycles. The first kappa shape index (κ1) is 16.6. The summed E-state index contributed by atoms with van der Waals surface area (Å²) in [6.45, 7) is 1.36. The van der Waals surface area contributed by atoms with Crippen LogP contribution in [0.25, 0.3) is 0 Å². The Labute approximate surface area is 136 Å². The minimum atomic E-state index is -0.761. The van der Waals surface area contributed by atoms with E-state index in [-0.39, 0.29) is 17.9 Å². The van der Waals surface area contributed by atoms with Crippen LogP contribution in [0.1, 0.15) is 21.5 Å². The zero-order valence-electron chi connectivity index (χ0n) is 12.1. The van der Waals surface area contributed by atoms with Crippen molar-refractivity contribution in [3.8, 4) is 23.0 Å². The van der Waals surface area contributed by atoms with Crippen molar-refractivity contribution in [2.75, 3.05) is 6.54 Å². The lowest BCUT2D eigenvalue weighted by molar-refractivity contribution is 0.0999. The minimum Gasteiger partial charge on any atom is -0.507 e. The van der Waals surface area contributed by atoms with E-state index in [1.54, 1.807) is 13.0 Å². The molecule has 0 aliphatic carbocycles. The lowest BCUT2D eigenvalue weighted by atomic mass is 10.1. The topological polar surface area (TPSA) is 110 Å². The molecule has 0 spiro atoms. The van der Waals surface area contributed by atoms with Gasteiger partial charge in [0, 0.05) is 16.8 Å². The summed E-state index contributed by atoms with van der Waals surface area (Å²) in [6, 6.07) is 5.37. The van der Waals surface area contributed by atoms with Crippen LogP contribution in [0.3, 0.4) is 0 Å². The zero-order chi connectivity index (χ0) is 17.1.